The number of carbonyl (C=O) groups is 7. The molecule has 0 saturated carbocycles. The summed E-state index contributed by atoms with van der Waals surface area (Å²) >= 11 is 0. The Morgan fingerprint density at radius 2 is 1.33 bits per heavy atom. The number of anilines is 3. The molecule has 0 unspecified atom stereocenters. The first-order valence-corrected chi connectivity index (χ1v) is 24.7. The fraction of sp³-hybridized carbons (Fsp3) is 0.333. The summed E-state index contributed by atoms with van der Waals surface area (Å²) in [4.78, 5) is 97.8. The zero-order valence-corrected chi connectivity index (χ0v) is 40.9. The van der Waals surface area contributed by atoms with Gasteiger partial charge < -0.3 is 34.9 Å². The molecule has 0 fully saturated rings. The van der Waals surface area contributed by atoms with Crippen LogP contribution in [0.3, 0.4) is 0 Å². The van der Waals surface area contributed by atoms with E-state index >= 15 is 0 Å². The molecule has 0 aliphatic carbocycles. The van der Waals surface area contributed by atoms with Gasteiger partial charge in [-0.15, -0.1) is 0 Å². The molecule has 4 amide bonds. The van der Waals surface area contributed by atoms with Gasteiger partial charge in [-0.25, -0.2) is 0 Å². The van der Waals surface area contributed by atoms with Gasteiger partial charge in [0.25, 0.3) is 11.8 Å². The third-order valence-electron chi connectivity index (χ3n) is 13.8. The predicted octanol–water partition coefficient (Wildman–Crippen LogP) is 8.37. The quantitative estimate of drug-likeness (QED) is 0.0595. The van der Waals surface area contributed by atoms with Gasteiger partial charge in [-0.3, -0.25) is 43.5 Å². The lowest BCUT2D eigenvalue weighted by Crippen LogP contribution is -2.37. The number of ether oxygens (including phenoxy) is 3. The van der Waals surface area contributed by atoms with Crippen molar-refractivity contribution in [3.8, 4) is 17.2 Å². The zero-order valence-electron chi connectivity index (χ0n) is 40.9. The topological polar surface area (TPSA) is 210 Å². The number of nitrogens with zero attached hydrogens (tertiary/aromatic N) is 3. The normalized spacial score (nSPS) is 15.9. The summed E-state index contributed by atoms with van der Waals surface area (Å²) in [7, 11) is 1.53. The molecule has 0 radical (unpaired) electrons. The van der Waals surface area contributed by atoms with Crippen LogP contribution in [-0.2, 0) is 56.4 Å². The Balaban J connectivity index is 0.879. The fourth-order valence-electron chi connectivity index (χ4n) is 10.0. The summed E-state index contributed by atoms with van der Waals surface area (Å²) in [6, 6.07) is 28.4. The zero-order chi connectivity index (χ0) is 51.2. The molecule has 4 aliphatic heterocycles. The van der Waals surface area contributed by atoms with Crippen molar-refractivity contribution in [2.45, 2.75) is 109 Å². The maximum atomic E-state index is 14.1. The molecule has 0 saturated heterocycles. The van der Waals surface area contributed by atoms with Crippen LogP contribution in [0.25, 0.3) is 0 Å². The molecule has 0 aromatic heterocycles. The molecule has 3 N–H and O–H groups in total. The Hall–Kier alpha value is -8.14. The highest BCUT2D eigenvalue weighted by Gasteiger charge is 2.38. The number of fused-ring (bicyclic) bond motifs is 8. The Bertz CT molecular complexity index is 3060. The molecule has 73 heavy (non-hydrogen) atoms. The number of aliphatic carboxylic acids is 1. The monoisotopic (exact) mass is 987 g/mol. The molecule has 16 heteroatoms. The number of carbonyl (C=O) groups excluding carboxylic acids is 6. The number of carboxylic acid groups (broad SMARTS) is 1. The number of para-hydroxylation sites is 2. The van der Waals surface area contributed by atoms with E-state index in [9.17, 15) is 33.6 Å². The molecular weight excluding hydrogens is 931 g/mol. The van der Waals surface area contributed by atoms with Crippen molar-refractivity contribution in [2.75, 3.05) is 28.8 Å². The molecule has 5 aromatic carbocycles. The third-order valence-corrected chi connectivity index (χ3v) is 13.8. The highest BCUT2D eigenvalue weighted by Crippen LogP contribution is 2.42. The van der Waals surface area contributed by atoms with Crippen LogP contribution in [0.1, 0.15) is 112 Å². The van der Waals surface area contributed by atoms with Gasteiger partial charge in [-0.05, 0) is 121 Å². The van der Waals surface area contributed by atoms with Crippen LogP contribution in [0.4, 0.5) is 22.7 Å². The van der Waals surface area contributed by atoms with Crippen LogP contribution in [0.5, 0.6) is 17.2 Å². The number of carboxylic acids is 1. The first-order chi connectivity index (χ1) is 35.3. The van der Waals surface area contributed by atoms with Gasteiger partial charge in [0.1, 0.15) is 24.7 Å². The summed E-state index contributed by atoms with van der Waals surface area (Å²) in [5.41, 5.74) is 8.99. The second-order valence-corrected chi connectivity index (χ2v) is 19.0. The lowest BCUT2D eigenvalue weighted by Gasteiger charge is -2.23. The molecule has 0 spiro atoms. The molecule has 0 bridgehead atoms. The number of unbranched alkanes of at least 4 members (excludes halogenated alkanes) is 1. The summed E-state index contributed by atoms with van der Waals surface area (Å²) in [6.07, 6.45) is 5.29. The average Bonchev–Trinajstić information content (AvgIpc) is 3.88. The first kappa shape index (κ1) is 49.8. The highest BCUT2D eigenvalue weighted by atomic mass is 16.5. The van der Waals surface area contributed by atoms with E-state index < -0.39 is 17.8 Å². The number of hydrogen-bond donors (Lipinski definition) is 3. The second kappa shape index (κ2) is 22.1. The maximum absolute atomic E-state index is 14.1. The summed E-state index contributed by atoms with van der Waals surface area (Å²) in [6.45, 7) is 1.69. The van der Waals surface area contributed by atoms with Crippen molar-refractivity contribution in [1.82, 2.24) is 5.32 Å². The number of aryl methyl sites for hydroxylation is 2. The molecule has 4 heterocycles. The Morgan fingerprint density at radius 3 is 2.07 bits per heavy atom. The molecule has 376 valence electrons. The fourth-order valence-corrected chi connectivity index (χ4v) is 10.0. The van der Waals surface area contributed by atoms with E-state index in [2.05, 4.69) is 16.7 Å². The minimum atomic E-state index is -0.926. The van der Waals surface area contributed by atoms with Gasteiger partial charge in [0.15, 0.2) is 17.3 Å². The van der Waals surface area contributed by atoms with Crippen LogP contribution in [0, 0.1) is 6.92 Å². The number of amides is 4. The average molecular weight is 988 g/mol. The maximum Gasteiger partial charge on any atom is 0.303 e. The molecule has 4 aliphatic rings. The van der Waals surface area contributed by atoms with Gasteiger partial charge in [-0.1, -0.05) is 36.4 Å². The van der Waals surface area contributed by atoms with Crippen molar-refractivity contribution in [1.29, 1.82) is 0 Å². The van der Waals surface area contributed by atoms with Crippen molar-refractivity contribution in [3.05, 3.63) is 136 Å². The number of Topliss-reactive ketones (excluding diaryl/α,β-unsaturated/α-hetero) is 2. The van der Waals surface area contributed by atoms with Gasteiger partial charge in [0, 0.05) is 85.9 Å². The van der Waals surface area contributed by atoms with Crippen molar-refractivity contribution in [2.24, 2.45) is 4.99 Å². The number of ketones is 2. The SMILES string of the molecule is COc1cc2c(cc1OCc1cc(COc3cc4c(cc3C)C(=O)N3c5ccccc5C[C@H]3C=N4)cc(NC(=O)CCC(=O)CNC(=O)CCC(=O)CCCCC(=O)O)c1)CC[C@@H]1Cc3ccccc3N1C2=O. The molecule has 9 rings (SSSR count). The third kappa shape index (κ3) is 11.5. The largest absolute Gasteiger partial charge is 0.493 e. The van der Waals surface area contributed by atoms with Gasteiger partial charge in [0.05, 0.1) is 30.9 Å². The predicted molar refractivity (Wildman–Crippen MR) is 273 cm³/mol. The standard InChI is InChI=1S/C57H57N5O11/c1-34-21-46-47(58-30-42-26-39-10-4-7-13-49(39)62(42)57(46)70)29-50(34)72-32-35-22-36(24-40(23-35)60-54(66)20-18-44(64)31-59-53(65)19-17-43(63)11-5-8-14-55(67)68)33-73-52-27-37-15-16-41-25-38-9-3-6-12-48(38)61(41)56(69)45(37)28-51(52)71-2/h3-4,6-7,9-10,12-13,21-24,27-30,41-42H,5,8,11,14-20,25-26,31-33H2,1-2H3,(H,59,65)(H,60,66)(H,67,68)/t41-,42+/m1/s1. The van der Waals surface area contributed by atoms with Crippen LogP contribution in [-0.4, -0.2) is 78.2 Å². The Labute approximate surface area is 422 Å². The number of nitrogens with one attached hydrogen (secondary N) is 2. The van der Waals surface area contributed by atoms with Gasteiger partial charge in [0.2, 0.25) is 11.8 Å². The molecule has 5 aromatic rings. The van der Waals surface area contributed by atoms with E-state index in [1.807, 2.05) is 72.6 Å². The van der Waals surface area contributed by atoms with E-state index in [4.69, 9.17) is 24.3 Å². The minimum Gasteiger partial charge on any atom is -0.493 e. The van der Waals surface area contributed by atoms with Gasteiger partial charge in [-0.2, -0.15) is 0 Å². The molecule has 16 nitrogen and oxygen atoms in total. The number of methoxy groups -OCH3 is 1. The van der Waals surface area contributed by atoms with Crippen LogP contribution in [0.15, 0.2) is 96.0 Å². The number of aliphatic imine (C=N–C) groups is 1. The highest BCUT2D eigenvalue weighted by molar-refractivity contribution is 6.15. The second-order valence-electron chi connectivity index (χ2n) is 19.0. The van der Waals surface area contributed by atoms with E-state index in [1.165, 1.54) is 7.11 Å². The minimum absolute atomic E-state index is 0.0128. The van der Waals surface area contributed by atoms with Crippen LogP contribution in [0.2, 0.25) is 0 Å². The Kier molecular flexibility index (Phi) is 15.1. The van der Waals surface area contributed by atoms with Gasteiger partial charge >= 0.3 is 5.97 Å². The lowest BCUT2D eigenvalue weighted by atomic mass is 9.99. The first-order valence-electron chi connectivity index (χ1n) is 24.7. The molecule has 2 atom stereocenters. The number of rotatable bonds is 21. The van der Waals surface area contributed by atoms with Crippen LogP contribution < -0.4 is 34.6 Å². The summed E-state index contributed by atoms with van der Waals surface area (Å²) in [5.74, 6) is -1.19. The van der Waals surface area contributed by atoms with E-state index in [0.29, 0.717) is 76.6 Å². The van der Waals surface area contributed by atoms with Crippen molar-refractivity contribution >= 4 is 70.1 Å². The number of benzene rings is 5. The van der Waals surface area contributed by atoms with Crippen molar-refractivity contribution < 1.29 is 52.9 Å². The molecular formula is C57H57N5O11. The smallest absolute Gasteiger partial charge is 0.303 e. The Morgan fingerprint density at radius 1 is 0.671 bits per heavy atom. The van der Waals surface area contributed by atoms with E-state index in [-0.39, 0.29) is 93.7 Å². The van der Waals surface area contributed by atoms with Crippen molar-refractivity contribution in [3.63, 3.8) is 0 Å². The van der Waals surface area contributed by atoms with E-state index in [1.54, 1.807) is 35.2 Å². The summed E-state index contributed by atoms with van der Waals surface area (Å²) in [5, 5.41) is 14.2. The number of hydrogen-bond acceptors (Lipinski definition) is 11. The van der Waals surface area contributed by atoms with Crippen LogP contribution >= 0.6 is 0 Å². The lowest BCUT2D eigenvalue weighted by molar-refractivity contribution is -0.137. The summed E-state index contributed by atoms with van der Waals surface area (Å²) < 4.78 is 18.7. The van der Waals surface area contributed by atoms with E-state index in [0.717, 1.165) is 46.5 Å².